The topological polar surface area (TPSA) is 38.0 Å². The first-order chi connectivity index (χ1) is 8.34. The van der Waals surface area contributed by atoms with Gasteiger partial charge in [-0.1, -0.05) is 45.2 Å². The smallest absolute Gasteiger partial charge is 0.131 e. The molecule has 1 N–H and O–H groups in total. The quantitative estimate of drug-likeness (QED) is 0.896. The van der Waals surface area contributed by atoms with Crippen molar-refractivity contribution in [1.29, 1.82) is 0 Å². The molecule has 6 heteroatoms. The summed E-state index contributed by atoms with van der Waals surface area (Å²) in [4.78, 5) is 0. The van der Waals surface area contributed by atoms with Gasteiger partial charge in [-0.2, -0.15) is 5.10 Å². The summed E-state index contributed by atoms with van der Waals surface area (Å²) in [5.41, 5.74) is -0.216. The summed E-state index contributed by atoms with van der Waals surface area (Å²) in [5, 5.41) is 15.6. The van der Waals surface area contributed by atoms with Crippen LogP contribution in [0.15, 0.2) is 28.9 Å². The maximum absolute atomic E-state index is 10.7. The number of hydrogen-bond acceptors (Lipinski definition) is 2. The van der Waals surface area contributed by atoms with Gasteiger partial charge in [0.05, 0.1) is 16.9 Å². The Hall–Kier alpha value is -0.550. The van der Waals surface area contributed by atoms with E-state index in [0.717, 1.165) is 4.47 Å². The lowest BCUT2D eigenvalue weighted by Gasteiger charge is -2.25. The summed E-state index contributed by atoms with van der Waals surface area (Å²) < 4.78 is 2.39. The minimum Gasteiger partial charge on any atom is -0.379 e. The molecule has 0 spiro atoms. The Morgan fingerprint density at radius 3 is 2.50 bits per heavy atom. The molecule has 0 aliphatic carbocycles. The van der Waals surface area contributed by atoms with E-state index in [2.05, 4.69) is 21.0 Å². The van der Waals surface area contributed by atoms with Crippen LogP contribution in [-0.4, -0.2) is 14.9 Å². The highest BCUT2D eigenvalue weighted by Crippen LogP contribution is 2.37. The van der Waals surface area contributed by atoms with E-state index >= 15 is 0 Å². The fourth-order valence-corrected chi connectivity index (χ4v) is 3.18. The van der Waals surface area contributed by atoms with Crippen LogP contribution in [0.5, 0.6) is 0 Å². The highest BCUT2D eigenvalue weighted by molar-refractivity contribution is 9.10. The molecular formula is C12H11BrCl2N2O. The molecule has 2 aromatic rings. The van der Waals surface area contributed by atoms with Crippen molar-refractivity contribution in [2.24, 2.45) is 7.05 Å². The first kappa shape index (κ1) is 13.9. The lowest BCUT2D eigenvalue weighted by Crippen LogP contribution is -2.27. The Labute approximate surface area is 123 Å². The molecule has 0 fully saturated rings. The average molecular weight is 350 g/mol. The molecule has 1 atom stereocenters. The molecule has 1 unspecified atom stereocenters. The maximum Gasteiger partial charge on any atom is 0.131 e. The molecule has 18 heavy (non-hydrogen) atoms. The van der Waals surface area contributed by atoms with Gasteiger partial charge in [-0.25, -0.2) is 0 Å². The summed E-state index contributed by atoms with van der Waals surface area (Å²) in [6, 6.07) is 5.31. The van der Waals surface area contributed by atoms with E-state index in [1.54, 1.807) is 30.8 Å². The Bertz CT molecular complexity index is 576. The van der Waals surface area contributed by atoms with E-state index in [4.69, 9.17) is 23.2 Å². The molecule has 0 amide bonds. The number of hydrogen-bond donors (Lipinski definition) is 1. The Morgan fingerprint density at radius 1 is 1.33 bits per heavy atom. The summed E-state index contributed by atoms with van der Waals surface area (Å²) in [7, 11) is 1.72. The minimum atomic E-state index is -1.31. The monoisotopic (exact) mass is 348 g/mol. The second-order valence-corrected chi connectivity index (χ2v) is 5.89. The van der Waals surface area contributed by atoms with Crippen molar-refractivity contribution in [3.05, 3.63) is 50.2 Å². The van der Waals surface area contributed by atoms with Crippen molar-refractivity contribution < 1.29 is 5.11 Å². The van der Waals surface area contributed by atoms with Crippen molar-refractivity contribution >= 4 is 39.1 Å². The maximum atomic E-state index is 10.7. The third-order valence-corrected chi connectivity index (χ3v) is 3.89. The van der Waals surface area contributed by atoms with Gasteiger partial charge in [0.2, 0.25) is 0 Å². The van der Waals surface area contributed by atoms with Gasteiger partial charge in [0.25, 0.3) is 0 Å². The summed E-state index contributed by atoms with van der Waals surface area (Å²) >= 11 is 15.6. The third kappa shape index (κ3) is 2.30. The van der Waals surface area contributed by atoms with Gasteiger partial charge >= 0.3 is 0 Å². The normalized spacial score (nSPS) is 14.6. The van der Waals surface area contributed by atoms with Crippen molar-refractivity contribution in [1.82, 2.24) is 9.78 Å². The highest BCUT2D eigenvalue weighted by atomic mass is 79.9. The number of aromatic nitrogens is 2. The van der Waals surface area contributed by atoms with Crippen molar-refractivity contribution in [3.8, 4) is 0 Å². The zero-order chi connectivity index (χ0) is 13.5. The Balaban J connectivity index is 2.61. The summed E-state index contributed by atoms with van der Waals surface area (Å²) in [6.45, 7) is 1.64. The third-order valence-electron chi connectivity index (χ3n) is 2.81. The second kappa shape index (κ2) is 4.85. The van der Waals surface area contributed by atoms with Crippen LogP contribution in [0.25, 0.3) is 0 Å². The zero-order valence-electron chi connectivity index (χ0n) is 9.78. The van der Waals surface area contributed by atoms with Crippen LogP contribution in [0, 0.1) is 0 Å². The number of halogens is 3. The van der Waals surface area contributed by atoms with Crippen LogP contribution in [0.4, 0.5) is 0 Å². The molecule has 0 bridgehead atoms. The molecule has 0 aliphatic rings. The van der Waals surface area contributed by atoms with Crippen LogP contribution in [0.1, 0.15) is 18.2 Å². The Kier molecular flexibility index (Phi) is 3.74. The van der Waals surface area contributed by atoms with Gasteiger partial charge in [-0.3, -0.25) is 4.68 Å². The predicted octanol–water partition coefficient (Wildman–Crippen LogP) is 3.75. The fraction of sp³-hybridized carbons (Fsp3) is 0.250. The molecule has 0 aliphatic heterocycles. The molecule has 3 nitrogen and oxygen atoms in total. The van der Waals surface area contributed by atoms with Gasteiger partial charge in [0, 0.05) is 22.1 Å². The van der Waals surface area contributed by atoms with Gasteiger partial charge < -0.3 is 5.11 Å². The minimum absolute atomic E-state index is 0.404. The van der Waals surface area contributed by atoms with Crippen molar-refractivity contribution in [3.63, 3.8) is 0 Å². The molecule has 1 aromatic carbocycles. The molecule has 2 rings (SSSR count). The number of aliphatic hydroxyl groups is 1. The van der Waals surface area contributed by atoms with Gasteiger partial charge in [-0.15, -0.1) is 0 Å². The van der Waals surface area contributed by atoms with E-state index in [9.17, 15) is 5.11 Å². The predicted molar refractivity (Wildman–Crippen MR) is 76.0 cm³/mol. The van der Waals surface area contributed by atoms with Crippen LogP contribution in [-0.2, 0) is 12.6 Å². The first-order valence-electron chi connectivity index (χ1n) is 5.20. The van der Waals surface area contributed by atoms with Crippen LogP contribution in [0.3, 0.4) is 0 Å². The molecular weight excluding hydrogens is 339 g/mol. The zero-order valence-corrected chi connectivity index (χ0v) is 12.9. The SMILES string of the molecule is Cn1ncc(Cl)c1C(C)(O)c1ccc(Br)cc1Cl. The van der Waals surface area contributed by atoms with E-state index in [1.165, 1.54) is 6.20 Å². The van der Waals surface area contributed by atoms with E-state index in [0.29, 0.717) is 21.3 Å². The lowest BCUT2D eigenvalue weighted by atomic mass is 9.92. The van der Waals surface area contributed by atoms with Crippen LogP contribution >= 0.6 is 39.1 Å². The van der Waals surface area contributed by atoms with Gasteiger partial charge in [0.1, 0.15) is 5.60 Å². The number of benzene rings is 1. The van der Waals surface area contributed by atoms with E-state index in [-0.39, 0.29) is 0 Å². The van der Waals surface area contributed by atoms with E-state index in [1.807, 2.05) is 6.07 Å². The van der Waals surface area contributed by atoms with Crippen LogP contribution < -0.4 is 0 Å². The number of aryl methyl sites for hydroxylation is 1. The van der Waals surface area contributed by atoms with E-state index < -0.39 is 5.60 Å². The van der Waals surface area contributed by atoms with Crippen LogP contribution in [0.2, 0.25) is 10.0 Å². The number of rotatable bonds is 2. The second-order valence-electron chi connectivity index (χ2n) is 4.16. The molecule has 1 aromatic heterocycles. The Morgan fingerprint density at radius 2 is 2.00 bits per heavy atom. The largest absolute Gasteiger partial charge is 0.379 e. The van der Waals surface area contributed by atoms with Crippen molar-refractivity contribution in [2.75, 3.05) is 0 Å². The highest BCUT2D eigenvalue weighted by Gasteiger charge is 2.33. The molecule has 0 saturated heterocycles. The molecule has 0 radical (unpaired) electrons. The van der Waals surface area contributed by atoms with Crippen molar-refractivity contribution in [2.45, 2.75) is 12.5 Å². The molecule has 96 valence electrons. The average Bonchev–Trinajstić information content (AvgIpc) is 2.58. The summed E-state index contributed by atoms with van der Waals surface area (Å²) in [5.74, 6) is 0. The standard InChI is InChI=1S/C12H11BrCl2N2O/c1-12(18,11-10(15)6-16-17(11)2)8-4-3-7(13)5-9(8)14/h3-6,18H,1-2H3. The molecule has 1 heterocycles. The summed E-state index contributed by atoms with van der Waals surface area (Å²) in [6.07, 6.45) is 1.50. The molecule has 0 saturated carbocycles. The fourth-order valence-electron chi connectivity index (χ4n) is 1.97. The number of nitrogens with zero attached hydrogens (tertiary/aromatic N) is 2. The first-order valence-corrected chi connectivity index (χ1v) is 6.75. The van der Waals surface area contributed by atoms with Gasteiger partial charge in [-0.05, 0) is 19.1 Å². The lowest BCUT2D eigenvalue weighted by molar-refractivity contribution is 0.0931. The van der Waals surface area contributed by atoms with Gasteiger partial charge in [0.15, 0.2) is 0 Å².